The van der Waals surface area contributed by atoms with E-state index in [1.54, 1.807) is 11.3 Å². The van der Waals surface area contributed by atoms with Gasteiger partial charge in [0.25, 0.3) is 0 Å². The van der Waals surface area contributed by atoms with Gasteiger partial charge in [0, 0.05) is 6.54 Å². The highest BCUT2D eigenvalue weighted by atomic mass is 32.1. The normalized spacial score (nSPS) is 9.75. The average Bonchev–Trinajstić information content (AvgIpc) is 2.36. The smallest absolute Gasteiger partial charge is 0.305 e. The summed E-state index contributed by atoms with van der Waals surface area (Å²) < 4.78 is 0. The van der Waals surface area contributed by atoms with E-state index in [1.807, 2.05) is 18.4 Å². The van der Waals surface area contributed by atoms with Gasteiger partial charge in [0.2, 0.25) is 0 Å². The van der Waals surface area contributed by atoms with Crippen molar-refractivity contribution in [3.05, 3.63) is 17.0 Å². The van der Waals surface area contributed by atoms with Crippen molar-refractivity contribution in [3.8, 4) is 0 Å². The van der Waals surface area contributed by atoms with Gasteiger partial charge in [-0.2, -0.15) is 0 Å². The Morgan fingerprint density at radius 1 is 1.75 bits per heavy atom. The molecular weight excluding hydrogens is 174 g/mol. The van der Waals surface area contributed by atoms with Crippen molar-refractivity contribution < 1.29 is 9.90 Å². The summed E-state index contributed by atoms with van der Waals surface area (Å²) in [7, 11) is 0. The standard InChI is InChI=1S/C8H11NO2S/c1-6-3-5-12-8(6)9-4-2-7(10)11/h3,5,9H,2,4H2,1H3,(H,10,11). The van der Waals surface area contributed by atoms with E-state index in [0.717, 1.165) is 5.00 Å². The van der Waals surface area contributed by atoms with Crippen LogP contribution in [0, 0.1) is 6.92 Å². The molecule has 0 unspecified atom stereocenters. The Hall–Kier alpha value is -1.03. The molecule has 1 heterocycles. The van der Waals surface area contributed by atoms with Gasteiger partial charge in [-0.3, -0.25) is 4.79 Å². The van der Waals surface area contributed by atoms with Gasteiger partial charge in [-0.1, -0.05) is 0 Å². The number of nitrogens with one attached hydrogen (secondary N) is 1. The number of rotatable bonds is 4. The Labute approximate surface area is 75.0 Å². The molecule has 0 saturated heterocycles. The van der Waals surface area contributed by atoms with Crippen LogP contribution in [0.5, 0.6) is 0 Å². The van der Waals surface area contributed by atoms with Gasteiger partial charge in [0.05, 0.1) is 11.4 Å². The van der Waals surface area contributed by atoms with Gasteiger partial charge in [-0.15, -0.1) is 11.3 Å². The molecule has 1 aromatic heterocycles. The highest BCUT2D eigenvalue weighted by molar-refractivity contribution is 7.14. The van der Waals surface area contributed by atoms with E-state index in [4.69, 9.17) is 5.11 Å². The third-order valence-electron chi connectivity index (χ3n) is 1.49. The number of aliphatic carboxylic acids is 1. The maximum absolute atomic E-state index is 10.2. The molecule has 0 atom stereocenters. The van der Waals surface area contributed by atoms with Crippen molar-refractivity contribution in [1.29, 1.82) is 0 Å². The average molecular weight is 185 g/mol. The van der Waals surface area contributed by atoms with E-state index >= 15 is 0 Å². The molecule has 0 amide bonds. The monoisotopic (exact) mass is 185 g/mol. The summed E-state index contributed by atoms with van der Waals surface area (Å²) in [6, 6.07) is 2.01. The zero-order chi connectivity index (χ0) is 8.97. The van der Waals surface area contributed by atoms with Crippen LogP contribution < -0.4 is 5.32 Å². The summed E-state index contributed by atoms with van der Waals surface area (Å²) in [6.07, 6.45) is 0.164. The van der Waals surface area contributed by atoms with Crippen LogP contribution >= 0.6 is 11.3 Å². The van der Waals surface area contributed by atoms with Crippen molar-refractivity contribution in [1.82, 2.24) is 0 Å². The van der Waals surface area contributed by atoms with E-state index in [1.165, 1.54) is 5.56 Å². The first-order valence-electron chi connectivity index (χ1n) is 3.70. The molecular formula is C8H11NO2S. The molecule has 2 N–H and O–H groups in total. The summed E-state index contributed by atoms with van der Waals surface area (Å²) in [4.78, 5) is 10.2. The zero-order valence-corrected chi connectivity index (χ0v) is 7.65. The molecule has 4 heteroatoms. The minimum atomic E-state index is -0.767. The van der Waals surface area contributed by atoms with Crippen molar-refractivity contribution >= 4 is 22.3 Å². The Bertz CT molecular complexity index is 270. The molecule has 0 aliphatic carbocycles. The highest BCUT2D eigenvalue weighted by Crippen LogP contribution is 2.21. The molecule has 66 valence electrons. The van der Waals surface area contributed by atoms with Gasteiger partial charge in [0.1, 0.15) is 0 Å². The number of hydrogen-bond acceptors (Lipinski definition) is 3. The number of aryl methyl sites for hydroxylation is 1. The Morgan fingerprint density at radius 3 is 3.00 bits per heavy atom. The minimum absolute atomic E-state index is 0.164. The van der Waals surface area contributed by atoms with Gasteiger partial charge in [-0.05, 0) is 23.9 Å². The molecule has 0 aliphatic heterocycles. The lowest BCUT2D eigenvalue weighted by molar-refractivity contribution is -0.136. The van der Waals surface area contributed by atoms with Crippen LogP contribution in [-0.4, -0.2) is 17.6 Å². The molecule has 1 aromatic rings. The van der Waals surface area contributed by atoms with E-state index in [2.05, 4.69) is 5.32 Å². The van der Waals surface area contributed by atoms with Crippen molar-refractivity contribution in [2.75, 3.05) is 11.9 Å². The number of hydrogen-bond donors (Lipinski definition) is 2. The van der Waals surface area contributed by atoms with Crippen LogP contribution in [-0.2, 0) is 4.79 Å². The third-order valence-corrected chi connectivity index (χ3v) is 2.46. The molecule has 0 bridgehead atoms. The SMILES string of the molecule is Cc1ccsc1NCCC(=O)O. The lowest BCUT2D eigenvalue weighted by Gasteiger charge is -2.01. The van der Waals surface area contributed by atoms with E-state index < -0.39 is 5.97 Å². The van der Waals surface area contributed by atoms with Crippen molar-refractivity contribution in [2.45, 2.75) is 13.3 Å². The summed E-state index contributed by atoms with van der Waals surface area (Å²) in [5, 5.41) is 14.5. The predicted octanol–water partition coefficient (Wildman–Crippen LogP) is 1.94. The van der Waals surface area contributed by atoms with Crippen LogP contribution in [0.3, 0.4) is 0 Å². The molecule has 0 saturated carbocycles. The lowest BCUT2D eigenvalue weighted by atomic mass is 10.3. The number of carboxylic acids is 1. The summed E-state index contributed by atoms with van der Waals surface area (Å²) in [5.74, 6) is -0.767. The highest BCUT2D eigenvalue weighted by Gasteiger charge is 1.99. The summed E-state index contributed by atoms with van der Waals surface area (Å²) >= 11 is 1.60. The molecule has 0 radical (unpaired) electrons. The van der Waals surface area contributed by atoms with Gasteiger partial charge in [-0.25, -0.2) is 0 Å². The maximum atomic E-state index is 10.2. The Kier molecular flexibility index (Phi) is 3.10. The van der Waals surface area contributed by atoms with E-state index in [9.17, 15) is 4.79 Å². The number of thiophene rings is 1. The fourth-order valence-electron chi connectivity index (χ4n) is 0.837. The van der Waals surface area contributed by atoms with Crippen molar-refractivity contribution in [2.24, 2.45) is 0 Å². The van der Waals surface area contributed by atoms with Crippen LogP contribution in [0.25, 0.3) is 0 Å². The van der Waals surface area contributed by atoms with Crippen LogP contribution in [0.2, 0.25) is 0 Å². The predicted molar refractivity (Wildman–Crippen MR) is 49.8 cm³/mol. The lowest BCUT2D eigenvalue weighted by Crippen LogP contribution is -2.06. The van der Waals surface area contributed by atoms with Crippen LogP contribution in [0.1, 0.15) is 12.0 Å². The van der Waals surface area contributed by atoms with E-state index in [0.29, 0.717) is 6.54 Å². The van der Waals surface area contributed by atoms with Crippen LogP contribution in [0.15, 0.2) is 11.4 Å². The molecule has 0 fully saturated rings. The summed E-state index contributed by atoms with van der Waals surface area (Å²) in [6.45, 7) is 2.50. The van der Waals surface area contributed by atoms with Gasteiger partial charge < -0.3 is 10.4 Å². The second-order valence-corrected chi connectivity index (χ2v) is 3.42. The van der Waals surface area contributed by atoms with Crippen LogP contribution in [0.4, 0.5) is 5.00 Å². The number of carboxylic acid groups (broad SMARTS) is 1. The Balaban J connectivity index is 2.33. The molecule has 0 aliphatic rings. The molecule has 12 heavy (non-hydrogen) atoms. The fourth-order valence-corrected chi connectivity index (χ4v) is 1.68. The number of carbonyl (C=O) groups is 1. The largest absolute Gasteiger partial charge is 0.481 e. The minimum Gasteiger partial charge on any atom is -0.481 e. The van der Waals surface area contributed by atoms with Crippen molar-refractivity contribution in [3.63, 3.8) is 0 Å². The molecule has 0 aromatic carbocycles. The topological polar surface area (TPSA) is 49.3 Å². The first-order valence-corrected chi connectivity index (χ1v) is 4.58. The third kappa shape index (κ3) is 2.54. The zero-order valence-electron chi connectivity index (χ0n) is 6.83. The maximum Gasteiger partial charge on any atom is 0.305 e. The van der Waals surface area contributed by atoms with Gasteiger partial charge >= 0.3 is 5.97 Å². The van der Waals surface area contributed by atoms with Gasteiger partial charge in [0.15, 0.2) is 0 Å². The fraction of sp³-hybridized carbons (Fsp3) is 0.375. The quantitative estimate of drug-likeness (QED) is 0.753. The second kappa shape index (κ2) is 4.11. The second-order valence-electron chi connectivity index (χ2n) is 2.50. The molecule has 0 spiro atoms. The molecule has 3 nitrogen and oxygen atoms in total. The number of anilines is 1. The van der Waals surface area contributed by atoms with E-state index in [-0.39, 0.29) is 6.42 Å². The summed E-state index contributed by atoms with van der Waals surface area (Å²) in [5.41, 5.74) is 1.17. The first-order chi connectivity index (χ1) is 5.70. The Morgan fingerprint density at radius 2 is 2.50 bits per heavy atom. The molecule has 1 rings (SSSR count). The first kappa shape index (κ1) is 9.06.